The normalized spacial score (nSPS) is 18.5. The average molecular weight is 573 g/mol. The van der Waals surface area contributed by atoms with E-state index in [1.807, 2.05) is 44.2 Å². The van der Waals surface area contributed by atoms with Gasteiger partial charge in [0.05, 0.1) is 41.7 Å². The third kappa shape index (κ3) is 5.54. The zero-order valence-electron chi connectivity index (χ0n) is 23.7. The third-order valence-electron chi connectivity index (χ3n) is 7.84. The smallest absolute Gasteiger partial charge is 0.227 e. The highest BCUT2D eigenvalue weighted by atomic mass is 32.1. The van der Waals surface area contributed by atoms with Gasteiger partial charge >= 0.3 is 0 Å². The maximum atomic E-state index is 11.9. The summed E-state index contributed by atoms with van der Waals surface area (Å²) in [5, 5.41) is 7.14. The third-order valence-corrected chi connectivity index (χ3v) is 8.95. The Bertz CT molecular complexity index is 1580. The van der Waals surface area contributed by atoms with Gasteiger partial charge in [-0.3, -0.25) is 4.79 Å². The highest BCUT2D eigenvalue weighted by Gasteiger charge is 2.40. The van der Waals surface area contributed by atoms with E-state index in [4.69, 9.17) is 20.2 Å². The van der Waals surface area contributed by atoms with E-state index >= 15 is 0 Å². The first-order valence-electron chi connectivity index (χ1n) is 14.1. The quantitative estimate of drug-likeness (QED) is 0.249. The van der Waals surface area contributed by atoms with Crippen molar-refractivity contribution in [3.05, 3.63) is 53.5 Å². The molecule has 41 heavy (non-hydrogen) atoms. The first-order valence-corrected chi connectivity index (χ1v) is 14.9. The lowest BCUT2D eigenvalue weighted by atomic mass is 9.97. The number of rotatable bonds is 9. The van der Waals surface area contributed by atoms with Gasteiger partial charge in [0.2, 0.25) is 11.9 Å². The van der Waals surface area contributed by atoms with Gasteiger partial charge in [-0.2, -0.15) is 0 Å². The van der Waals surface area contributed by atoms with Crippen molar-refractivity contribution in [2.45, 2.75) is 51.2 Å². The minimum atomic E-state index is -0.401. The Kier molecular flexibility index (Phi) is 7.44. The number of hydrogen-bond acceptors (Lipinski definition) is 9. The van der Waals surface area contributed by atoms with E-state index in [9.17, 15) is 4.79 Å². The van der Waals surface area contributed by atoms with Gasteiger partial charge in [0.25, 0.3) is 0 Å². The van der Waals surface area contributed by atoms with Crippen LogP contribution in [0.4, 0.5) is 17.3 Å². The number of nitrogens with one attached hydrogen (secondary N) is 2. The number of thiophene rings is 1. The highest BCUT2D eigenvalue weighted by molar-refractivity contribution is 7.19. The van der Waals surface area contributed by atoms with E-state index in [1.165, 1.54) is 24.2 Å². The Balaban J connectivity index is 1.35. The number of nitrogens with two attached hydrogens (primary N) is 1. The van der Waals surface area contributed by atoms with Crippen LogP contribution in [0.5, 0.6) is 11.5 Å². The summed E-state index contributed by atoms with van der Waals surface area (Å²) in [4.78, 5) is 24.8. The standard InChI is InChI=1S/C31H36N6O3S/c1-19(2)40-24-15-20(37-14-12-31(18-37)11-6-13-34-31)9-10-22(24)35-30-33-17-26-29(36-30)28(25(41-26)16-27(32)38)21-7-4-5-8-23(21)39-3/h4-5,7-10,15,17,19,34H,6,11-14,16,18H2,1-3H3,(H2,32,38)(H,33,35,36). The molecule has 2 aromatic carbocycles. The monoisotopic (exact) mass is 572 g/mol. The summed E-state index contributed by atoms with van der Waals surface area (Å²) in [6.07, 6.45) is 5.54. The zero-order valence-corrected chi connectivity index (χ0v) is 24.5. The molecule has 4 aromatic rings. The summed E-state index contributed by atoms with van der Waals surface area (Å²) in [5.74, 6) is 1.49. The van der Waals surface area contributed by atoms with Crippen LogP contribution in [-0.2, 0) is 11.2 Å². The van der Waals surface area contributed by atoms with E-state index in [0.29, 0.717) is 11.7 Å². The minimum absolute atomic E-state index is 0.000924. The number of methoxy groups -OCH3 is 1. The van der Waals surface area contributed by atoms with Gasteiger partial charge in [0.1, 0.15) is 11.5 Å². The minimum Gasteiger partial charge on any atom is -0.496 e. The fourth-order valence-electron chi connectivity index (χ4n) is 6.01. The lowest BCUT2D eigenvalue weighted by molar-refractivity contribution is -0.117. The topological polar surface area (TPSA) is 115 Å². The molecule has 0 radical (unpaired) electrons. The first kappa shape index (κ1) is 27.3. The van der Waals surface area contributed by atoms with Gasteiger partial charge in [0.15, 0.2) is 0 Å². The summed E-state index contributed by atoms with van der Waals surface area (Å²) in [6.45, 7) is 7.20. The SMILES string of the molecule is COc1ccccc1-c1c(CC(N)=O)sc2cnc(Nc3ccc(N4CCC5(CCCN5)C4)cc3OC(C)C)nc12. The second kappa shape index (κ2) is 11.2. The molecule has 2 aliphatic heterocycles. The molecule has 1 unspecified atom stereocenters. The second-order valence-corrected chi connectivity index (χ2v) is 12.2. The Labute approximate surface area is 244 Å². The highest BCUT2D eigenvalue weighted by Crippen LogP contribution is 2.43. The van der Waals surface area contributed by atoms with Crippen molar-refractivity contribution in [2.24, 2.45) is 5.73 Å². The summed E-state index contributed by atoms with van der Waals surface area (Å²) in [6, 6.07) is 14.0. The fraction of sp³-hybridized carbons (Fsp3) is 0.387. The molecule has 0 bridgehead atoms. The van der Waals surface area contributed by atoms with Crippen molar-refractivity contribution in [1.82, 2.24) is 15.3 Å². The van der Waals surface area contributed by atoms with Crippen molar-refractivity contribution in [3.8, 4) is 22.6 Å². The van der Waals surface area contributed by atoms with Crippen LogP contribution >= 0.6 is 11.3 Å². The Morgan fingerprint density at radius 1 is 1.22 bits per heavy atom. The van der Waals surface area contributed by atoms with Crippen LogP contribution < -0.4 is 30.7 Å². The van der Waals surface area contributed by atoms with Crippen molar-refractivity contribution >= 4 is 44.8 Å². The molecule has 2 aromatic heterocycles. The van der Waals surface area contributed by atoms with Gasteiger partial charge in [-0.1, -0.05) is 18.2 Å². The summed E-state index contributed by atoms with van der Waals surface area (Å²) in [5.41, 5.74) is 10.2. The van der Waals surface area contributed by atoms with Crippen molar-refractivity contribution in [1.29, 1.82) is 0 Å². The molecule has 6 rings (SSSR count). The summed E-state index contributed by atoms with van der Waals surface area (Å²) < 4.78 is 12.8. The van der Waals surface area contributed by atoms with Crippen molar-refractivity contribution < 1.29 is 14.3 Å². The number of carbonyl (C=O) groups excluding carboxylic acids is 1. The number of hydrogen-bond donors (Lipinski definition) is 3. The van der Waals surface area contributed by atoms with E-state index < -0.39 is 5.91 Å². The van der Waals surface area contributed by atoms with Crippen LogP contribution in [0.25, 0.3) is 21.3 Å². The van der Waals surface area contributed by atoms with Crippen molar-refractivity contribution in [3.63, 3.8) is 0 Å². The number of fused-ring (bicyclic) bond motifs is 1. The summed E-state index contributed by atoms with van der Waals surface area (Å²) >= 11 is 1.47. The number of benzene rings is 2. The fourth-order valence-corrected chi connectivity index (χ4v) is 7.14. The van der Waals surface area contributed by atoms with Gasteiger partial charge in [0, 0.05) is 46.4 Å². The van der Waals surface area contributed by atoms with Gasteiger partial charge < -0.3 is 30.7 Å². The molecular formula is C31H36N6O3S. The molecule has 1 amide bonds. The van der Waals surface area contributed by atoms with Crippen LogP contribution in [0.15, 0.2) is 48.7 Å². The molecule has 0 saturated carbocycles. The molecule has 10 heteroatoms. The largest absolute Gasteiger partial charge is 0.496 e. The molecule has 214 valence electrons. The number of aromatic nitrogens is 2. The molecule has 9 nitrogen and oxygen atoms in total. The van der Waals surface area contributed by atoms with E-state index in [2.05, 4.69) is 32.7 Å². The van der Waals surface area contributed by atoms with Crippen molar-refractivity contribution in [2.75, 3.05) is 37.0 Å². The summed E-state index contributed by atoms with van der Waals surface area (Å²) in [7, 11) is 1.63. The lowest BCUT2D eigenvalue weighted by Crippen LogP contribution is -2.42. The number of ether oxygens (including phenoxy) is 2. The number of primary amides is 1. The molecule has 4 N–H and O–H groups in total. The van der Waals surface area contributed by atoms with Crippen LogP contribution in [0.2, 0.25) is 0 Å². The molecule has 2 fully saturated rings. The number of nitrogens with zero attached hydrogens (tertiary/aromatic N) is 3. The first-order chi connectivity index (χ1) is 19.8. The number of carbonyl (C=O) groups is 1. The number of anilines is 3. The van der Waals surface area contributed by atoms with Crippen LogP contribution in [0.3, 0.4) is 0 Å². The van der Waals surface area contributed by atoms with Gasteiger partial charge in [-0.25, -0.2) is 9.97 Å². The van der Waals surface area contributed by atoms with E-state index in [0.717, 1.165) is 69.4 Å². The van der Waals surface area contributed by atoms with E-state index in [-0.39, 0.29) is 18.1 Å². The van der Waals surface area contributed by atoms with E-state index in [1.54, 1.807) is 13.3 Å². The van der Waals surface area contributed by atoms with Gasteiger partial charge in [-0.05, 0) is 57.9 Å². The molecule has 2 saturated heterocycles. The number of amides is 1. The molecule has 0 aliphatic carbocycles. The van der Waals surface area contributed by atoms with Crippen LogP contribution in [-0.4, -0.2) is 54.3 Å². The van der Waals surface area contributed by atoms with Crippen LogP contribution in [0.1, 0.15) is 38.0 Å². The predicted octanol–water partition coefficient (Wildman–Crippen LogP) is 5.26. The lowest BCUT2D eigenvalue weighted by Gasteiger charge is -2.26. The zero-order chi connectivity index (χ0) is 28.6. The van der Waals surface area contributed by atoms with Crippen LogP contribution in [0, 0.1) is 0 Å². The predicted molar refractivity (Wildman–Crippen MR) is 165 cm³/mol. The number of para-hydroxylation sites is 1. The second-order valence-electron chi connectivity index (χ2n) is 11.1. The Morgan fingerprint density at radius 2 is 2.07 bits per heavy atom. The Morgan fingerprint density at radius 3 is 2.83 bits per heavy atom. The van der Waals surface area contributed by atoms with Gasteiger partial charge in [-0.15, -0.1) is 11.3 Å². The maximum Gasteiger partial charge on any atom is 0.227 e. The average Bonchev–Trinajstić information content (AvgIpc) is 3.68. The molecular weight excluding hydrogens is 536 g/mol. The molecule has 1 spiro atoms. The molecule has 1 atom stereocenters. The molecule has 4 heterocycles. The maximum absolute atomic E-state index is 11.9. The Hall–Kier alpha value is -3.89. The molecule has 2 aliphatic rings.